The van der Waals surface area contributed by atoms with Crippen LogP contribution < -0.4 is 0 Å². The highest BCUT2D eigenvalue weighted by atomic mass is 35.5. The third-order valence-electron chi connectivity index (χ3n) is 1.76. The summed E-state index contributed by atoms with van der Waals surface area (Å²) in [7, 11) is 1.82. The Hall–Kier alpha value is -1.36. The van der Waals surface area contributed by atoms with Crippen molar-refractivity contribution in [2.24, 2.45) is 7.05 Å². The molecule has 0 aromatic carbocycles. The molecule has 0 aliphatic heterocycles. The van der Waals surface area contributed by atoms with Crippen molar-refractivity contribution < 1.29 is 0 Å². The minimum atomic E-state index is 0.605. The van der Waals surface area contributed by atoms with Crippen molar-refractivity contribution in [2.45, 2.75) is 6.92 Å². The minimum Gasteiger partial charge on any atom is -0.249 e. The van der Waals surface area contributed by atoms with Crippen LogP contribution in [0.3, 0.4) is 0 Å². The molecule has 0 bridgehead atoms. The molecule has 0 radical (unpaired) electrons. The van der Waals surface area contributed by atoms with Crippen molar-refractivity contribution >= 4 is 11.6 Å². The van der Waals surface area contributed by atoms with Crippen LogP contribution in [0, 0.1) is 6.92 Å². The molecule has 6 heteroatoms. The Labute approximate surface area is 80.0 Å². The summed E-state index contributed by atoms with van der Waals surface area (Å²) >= 11 is 6.03. The van der Waals surface area contributed by atoms with Gasteiger partial charge in [0.25, 0.3) is 0 Å². The summed E-state index contributed by atoms with van der Waals surface area (Å²) in [6, 6.07) is 0. The van der Waals surface area contributed by atoms with Crippen molar-refractivity contribution in [3.8, 4) is 5.82 Å². The van der Waals surface area contributed by atoms with Crippen LogP contribution in [0.5, 0.6) is 0 Å². The molecule has 2 aromatic rings. The van der Waals surface area contributed by atoms with Crippen LogP contribution in [-0.2, 0) is 7.05 Å². The maximum absolute atomic E-state index is 6.03. The molecule has 0 aliphatic carbocycles. The number of halogens is 1. The smallest absolute Gasteiger partial charge is 0.172 e. The quantitative estimate of drug-likeness (QED) is 0.684. The van der Waals surface area contributed by atoms with Crippen LogP contribution in [-0.4, -0.2) is 24.5 Å². The summed E-state index contributed by atoms with van der Waals surface area (Å²) in [5.41, 5.74) is 0.787. The summed E-state index contributed by atoms with van der Waals surface area (Å²) in [5, 5.41) is 8.75. The maximum Gasteiger partial charge on any atom is 0.172 e. The largest absolute Gasteiger partial charge is 0.249 e. The molecule has 0 atom stereocenters. The number of aromatic nitrogens is 5. The van der Waals surface area contributed by atoms with Crippen LogP contribution in [0.25, 0.3) is 5.82 Å². The van der Waals surface area contributed by atoms with Crippen molar-refractivity contribution in [2.75, 3.05) is 0 Å². The predicted molar refractivity (Wildman–Crippen MR) is 47.9 cm³/mol. The first-order valence-corrected chi connectivity index (χ1v) is 4.12. The number of hydrogen-bond acceptors (Lipinski definition) is 3. The fraction of sp³-hybridized carbons (Fsp3) is 0.286. The highest BCUT2D eigenvalue weighted by Crippen LogP contribution is 2.21. The molecule has 0 spiro atoms. The molecule has 68 valence electrons. The molecule has 2 heterocycles. The molecule has 0 saturated heterocycles. The number of hydrogen-bond donors (Lipinski definition) is 0. The molecule has 5 nitrogen and oxygen atoms in total. The van der Waals surface area contributed by atoms with Gasteiger partial charge in [-0.3, -0.25) is 0 Å². The van der Waals surface area contributed by atoms with Gasteiger partial charge in [-0.1, -0.05) is 11.6 Å². The van der Waals surface area contributed by atoms with Gasteiger partial charge in [0.1, 0.15) is 17.7 Å². The lowest BCUT2D eigenvalue weighted by molar-refractivity contribution is 0.693. The SMILES string of the molecule is Cc1nn(C)c(-n2cncn2)c1Cl. The first-order valence-electron chi connectivity index (χ1n) is 3.74. The minimum absolute atomic E-state index is 0.605. The second-order valence-corrected chi connectivity index (χ2v) is 3.06. The fourth-order valence-corrected chi connectivity index (χ4v) is 1.43. The highest BCUT2D eigenvalue weighted by molar-refractivity contribution is 6.32. The van der Waals surface area contributed by atoms with Gasteiger partial charge in [0.15, 0.2) is 5.82 Å². The van der Waals surface area contributed by atoms with Crippen molar-refractivity contribution in [3.63, 3.8) is 0 Å². The van der Waals surface area contributed by atoms with Crippen molar-refractivity contribution in [1.82, 2.24) is 24.5 Å². The average molecular weight is 198 g/mol. The van der Waals surface area contributed by atoms with E-state index < -0.39 is 0 Å². The van der Waals surface area contributed by atoms with Crippen LogP contribution in [0.1, 0.15) is 5.69 Å². The zero-order valence-corrected chi connectivity index (χ0v) is 8.02. The number of nitrogens with zero attached hydrogens (tertiary/aromatic N) is 5. The molecule has 0 N–H and O–H groups in total. The standard InChI is InChI=1S/C7H8ClN5/c1-5-6(8)7(12(2)11-5)13-4-9-3-10-13/h3-4H,1-2H3. The Morgan fingerprint density at radius 3 is 2.69 bits per heavy atom. The Bertz CT molecular complexity index is 416. The maximum atomic E-state index is 6.03. The van der Waals surface area contributed by atoms with E-state index in [0.29, 0.717) is 5.02 Å². The molecular formula is C7H8ClN5. The number of rotatable bonds is 1. The Kier molecular flexibility index (Phi) is 1.81. The summed E-state index contributed by atoms with van der Waals surface area (Å²) in [4.78, 5) is 3.84. The van der Waals surface area contributed by atoms with Gasteiger partial charge in [0.2, 0.25) is 0 Å². The molecular weight excluding hydrogens is 190 g/mol. The van der Waals surface area contributed by atoms with E-state index >= 15 is 0 Å². The van der Waals surface area contributed by atoms with Gasteiger partial charge in [0.05, 0.1) is 5.69 Å². The lowest BCUT2D eigenvalue weighted by Crippen LogP contribution is -2.03. The summed E-state index contributed by atoms with van der Waals surface area (Å²) in [6.07, 6.45) is 3.04. The second-order valence-electron chi connectivity index (χ2n) is 2.69. The van der Waals surface area contributed by atoms with E-state index in [1.54, 1.807) is 15.7 Å². The molecule has 0 unspecified atom stereocenters. The van der Waals surface area contributed by atoms with E-state index in [1.165, 1.54) is 6.33 Å². The van der Waals surface area contributed by atoms with E-state index in [-0.39, 0.29) is 0 Å². The van der Waals surface area contributed by atoms with Gasteiger partial charge in [0, 0.05) is 7.05 Å². The normalized spacial score (nSPS) is 10.7. The molecule has 2 rings (SSSR count). The van der Waals surface area contributed by atoms with E-state index in [0.717, 1.165) is 11.5 Å². The van der Waals surface area contributed by atoms with Crippen molar-refractivity contribution in [3.05, 3.63) is 23.4 Å². The summed E-state index contributed by atoms with van der Waals surface area (Å²) < 4.78 is 3.26. The molecule has 0 saturated carbocycles. The fourth-order valence-electron chi connectivity index (χ4n) is 1.19. The lowest BCUT2D eigenvalue weighted by atomic mass is 10.5. The zero-order chi connectivity index (χ0) is 9.42. The zero-order valence-electron chi connectivity index (χ0n) is 7.27. The second kappa shape index (κ2) is 2.85. The molecule has 0 fully saturated rings. The van der Waals surface area contributed by atoms with Gasteiger partial charge in [-0.25, -0.2) is 14.3 Å². The average Bonchev–Trinajstić information content (AvgIpc) is 2.63. The predicted octanol–water partition coefficient (Wildman–Crippen LogP) is 0.963. The molecule has 0 aliphatic rings. The Morgan fingerprint density at radius 2 is 2.23 bits per heavy atom. The summed E-state index contributed by atoms with van der Waals surface area (Å²) in [5.74, 6) is 0.733. The van der Waals surface area contributed by atoms with Gasteiger partial charge >= 0.3 is 0 Å². The van der Waals surface area contributed by atoms with E-state index in [4.69, 9.17) is 11.6 Å². The Balaban J connectivity index is 2.64. The van der Waals surface area contributed by atoms with Gasteiger partial charge < -0.3 is 0 Å². The first-order chi connectivity index (χ1) is 6.20. The van der Waals surface area contributed by atoms with Crippen LogP contribution >= 0.6 is 11.6 Å². The van der Waals surface area contributed by atoms with Crippen LogP contribution in [0.4, 0.5) is 0 Å². The Morgan fingerprint density at radius 1 is 1.46 bits per heavy atom. The van der Waals surface area contributed by atoms with E-state index in [2.05, 4.69) is 15.2 Å². The third kappa shape index (κ3) is 1.21. The van der Waals surface area contributed by atoms with Crippen LogP contribution in [0.2, 0.25) is 5.02 Å². The van der Waals surface area contributed by atoms with Gasteiger partial charge in [-0.15, -0.1) is 0 Å². The molecule has 2 aromatic heterocycles. The van der Waals surface area contributed by atoms with Gasteiger partial charge in [-0.2, -0.15) is 10.2 Å². The number of aryl methyl sites for hydroxylation is 2. The van der Waals surface area contributed by atoms with E-state index in [9.17, 15) is 0 Å². The summed E-state index contributed by atoms with van der Waals surface area (Å²) in [6.45, 7) is 1.85. The monoisotopic (exact) mass is 197 g/mol. The van der Waals surface area contributed by atoms with Crippen molar-refractivity contribution in [1.29, 1.82) is 0 Å². The first kappa shape index (κ1) is 8.25. The lowest BCUT2D eigenvalue weighted by Gasteiger charge is -1.99. The topological polar surface area (TPSA) is 48.5 Å². The van der Waals surface area contributed by atoms with Gasteiger partial charge in [-0.05, 0) is 6.92 Å². The molecule has 13 heavy (non-hydrogen) atoms. The van der Waals surface area contributed by atoms with Crippen LogP contribution in [0.15, 0.2) is 12.7 Å². The highest BCUT2D eigenvalue weighted by Gasteiger charge is 2.12. The third-order valence-corrected chi connectivity index (χ3v) is 2.20. The molecule has 0 amide bonds. The van der Waals surface area contributed by atoms with E-state index in [1.807, 2.05) is 14.0 Å².